The van der Waals surface area contributed by atoms with E-state index in [0.29, 0.717) is 5.92 Å². The van der Waals surface area contributed by atoms with Crippen molar-refractivity contribution in [3.63, 3.8) is 0 Å². The zero-order chi connectivity index (χ0) is 12.4. The fraction of sp³-hybridized carbons (Fsp3) is 0.286. The summed E-state index contributed by atoms with van der Waals surface area (Å²) >= 11 is 5.25. The van der Waals surface area contributed by atoms with Gasteiger partial charge in [-0.2, -0.15) is 0 Å². The lowest BCUT2D eigenvalue weighted by molar-refractivity contribution is 0.326. The number of fused-ring (bicyclic) bond motifs is 1. The third-order valence-electron chi connectivity index (χ3n) is 3.11. The van der Waals surface area contributed by atoms with Gasteiger partial charge < -0.3 is 10.1 Å². The largest absolute Gasteiger partial charge is 0.493 e. The van der Waals surface area contributed by atoms with Crippen molar-refractivity contribution in [2.24, 2.45) is 0 Å². The molecule has 94 valence electrons. The van der Waals surface area contributed by atoms with Gasteiger partial charge in [-0.15, -0.1) is 11.3 Å². The summed E-state index contributed by atoms with van der Waals surface area (Å²) in [6, 6.07) is 10.5. The normalized spacial score (nSPS) is 17.5. The van der Waals surface area contributed by atoms with Gasteiger partial charge in [0.2, 0.25) is 0 Å². The van der Waals surface area contributed by atoms with E-state index in [1.807, 2.05) is 12.1 Å². The van der Waals surface area contributed by atoms with Crippen LogP contribution in [0.4, 0.5) is 0 Å². The monoisotopic (exact) mass is 323 g/mol. The maximum absolute atomic E-state index is 5.67. The minimum atomic E-state index is 0.476. The molecular weight excluding hydrogens is 310 g/mol. The van der Waals surface area contributed by atoms with Gasteiger partial charge in [-0.1, -0.05) is 18.2 Å². The van der Waals surface area contributed by atoms with Crippen molar-refractivity contribution in [3.05, 3.63) is 50.6 Å². The van der Waals surface area contributed by atoms with Crippen molar-refractivity contribution in [2.45, 2.75) is 12.5 Å². The molecule has 0 amide bonds. The summed E-state index contributed by atoms with van der Waals surface area (Å²) in [5, 5.41) is 5.62. The zero-order valence-electron chi connectivity index (χ0n) is 9.86. The SMILES string of the molecule is Brc1csc(CNCC2COc3ccccc32)c1. The molecule has 0 bridgehead atoms. The first-order valence-electron chi connectivity index (χ1n) is 5.98. The van der Waals surface area contributed by atoms with Gasteiger partial charge in [0, 0.05) is 39.3 Å². The first kappa shape index (κ1) is 12.2. The van der Waals surface area contributed by atoms with Crippen LogP contribution < -0.4 is 10.1 Å². The minimum Gasteiger partial charge on any atom is -0.493 e. The summed E-state index contributed by atoms with van der Waals surface area (Å²) in [5.41, 5.74) is 1.33. The molecule has 3 rings (SSSR count). The highest BCUT2D eigenvalue weighted by Gasteiger charge is 2.22. The van der Waals surface area contributed by atoms with Gasteiger partial charge in [0.05, 0.1) is 6.61 Å². The molecule has 1 atom stereocenters. The molecule has 0 saturated carbocycles. The number of thiophene rings is 1. The average Bonchev–Trinajstić information content (AvgIpc) is 2.97. The predicted octanol–water partition coefficient (Wildman–Crippen LogP) is 3.78. The Bertz CT molecular complexity index is 540. The first-order valence-corrected chi connectivity index (χ1v) is 7.65. The molecule has 0 fully saturated rings. The van der Waals surface area contributed by atoms with Crippen molar-refractivity contribution in [2.75, 3.05) is 13.2 Å². The van der Waals surface area contributed by atoms with Crippen molar-refractivity contribution in [1.82, 2.24) is 5.32 Å². The number of ether oxygens (including phenoxy) is 1. The van der Waals surface area contributed by atoms with Crippen molar-refractivity contribution in [3.8, 4) is 5.75 Å². The highest BCUT2D eigenvalue weighted by molar-refractivity contribution is 9.10. The summed E-state index contributed by atoms with van der Waals surface area (Å²) in [5.74, 6) is 1.52. The van der Waals surface area contributed by atoms with Gasteiger partial charge in [0.15, 0.2) is 0 Å². The van der Waals surface area contributed by atoms with E-state index in [4.69, 9.17) is 4.74 Å². The standard InChI is InChI=1S/C14H14BrNOS/c15-11-5-12(18-9-11)7-16-6-10-8-17-14-4-2-1-3-13(10)14/h1-5,9-10,16H,6-8H2. The third kappa shape index (κ3) is 2.60. The molecule has 0 spiro atoms. The van der Waals surface area contributed by atoms with Crippen molar-refractivity contribution < 1.29 is 4.74 Å². The zero-order valence-corrected chi connectivity index (χ0v) is 12.3. The number of rotatable bonds is 4. The van der Waals surface area contributed by atoms with E-state index in [-0.39, 0.29) is 0 Å². The molecule has 18 heavy (non-hydrogen) atoms. The number of nitrogens with one attached hydrogen (secondary N) is 1. The Morgan fingerprint density at radius 3 is 3.11 bits per heavy atom. The van der Waals surface area contributed by atoms with E-state index in [0.717, 1.165) is 25.4 Å². The smallest absolute Gasteiger partial charge is 0.122 e. The van der Waals surface area contributed by atoms with Crippen LogP contribution in [0.25, 0.3) is 0 Å². The molecule has 1 aliphatic heterocycles. The number of halogens is 1. The van der Waals surface area contributed by atoms with Gasteiger partial charge >= 0.3 is 0 Å². The molecule has 0 saturated heterocycles. The molecule has 0 radical (unpaired) electrons. The lowest BCUT2D eigenvalue weighted by Crippen LogP contribution is -2.21. The highest BCUT2D eigenvalue weighted by atomic mass is 79.9. The van der Waals surface area contributed by atoms with Crippen LogP contribution in [-0.2, 0) is 6.54 Å². The van der Waals surface area contributed by atoms with Crippen LogP contribution >= 0.6 is 27.3 Å². The molecule has 2 nitrogen and oxygen atoms in total. The quantitative estimate of drug-likeness (QED) is 0.924. The fourth-order valence-corrected chi connectivity index (χ4v) is 3.64. The Balaban J connectivity index is 1.56. The average molecular weight is 324 g/mol. The molecule has 1 N–H and O–H groups in total. The van der Waals surface area contributed by atoms with Gasteiger partial charge in [-0.25, -0.2) is 0 Å². The van der Waals surface area contributed by atoms with Crippen LogP contribution in [0.5, 0.6) is 5.75 Å². The van der Waals surface area contributed by atoms with Crippen molar-refractivity contribution in [1.29, 1.82) is 0 Å². The number of hydrogen-bond donors (Lipinski definition) is 1. The second kappa shape index (κ2) is 5.43. The second-order valence-electron chi connectivity index (χ2n) is 4.41. The lowest BCUT2D eigenvalue weighted by Gasteiger charge is -2.09. The van der Waals surface area contributed by atoms with E-state index < -0.39 is 0 Å². The van der Waals surface area contributed by atoms with E-state index >= 15 is 0 Å². The number of hydrogen-bond acceptors (Lipinski definition) is 3. The predicted molar refractivity (Wildman–Crippen MR) is 78.4 cm³/mol. The highest BCUT2D eigenvalue weighted by Crippen LogP contribution is 2.32. The number of benzene rings is 1. The van der Waals surface area contributed by atoms with Gasteiger partial charge in [-0.3, -0.25) is 0 Å². The van der Waals surface area contributed by atoms with Crippen LogP contribution in [0.3, 0.4) is 0 Å². The summed E-state index contributed by atoms with van der Waals surface area (Å²) in [6.07, 6.45) is 0. The summed E-state index contributed by atoms with van der Waals surface area (Å²) < 4.78 is 6.84. The molecule has 1 unspecified atom stereocenters. The molecule has 1 aromatic carbocycles. The van der Waals surface area contributed by atoms with Gasteiger partial charge in [0.25, 0.3) is 0 Å². The topological polar surface area (TPSA) is 21.3 Å². The molecule has 1 aromatic heterocycles. The Morgan fingerprint density at radius 1 is 1.39 bits per heavy atom. The van der Waals surface area contributed by atoms with Crippen LogP contribution in [0.1, 0.15) is 16.4 Å². The van der Waals surface area contributed by atoms with E-state index in [1.54, 1.807) is 11.3 Å². The molecule has 0 aliphatic carbocycles. The Morgan fingerprint density at radius 2 is 2.28 bits per heavy atom. The summed E-state index contributed by atoms with van der Waals surface area (Å²) in [4.78, 5) is 1.36. The third-order valence-corrected chi connectivity index (χ3v) is 4.81. The van der Waals surface area contributed by atoms with E-state index in [1.165, 1.54) is 14.9 Å². The molecule has 4 heteroatoms. The second-order valence-corrected chi connectivity index (χ2v) is 6.32. The van der Waals surface area contributed by atoms with Crippen LogP contribution in [0, 0.1) is 0 Å². The van der Waals surface area contributed by atoms with Gasteiger partial charge in [0.1, 0.15) is 5.75 Å². The summed E-state index contributed by atoms with van der Waals surface area (Å²) in [6.45, 7) is 2.68. The van der Waals surface area contributed by atoms with Crippen molar-refractivity contribution >= 4 is 27.3 Å². The molecular formula is C14H14BrNOS. The lowest BCUT2D eigenvalue weighted by atomic mass is 10.0. The maximum Gasteiger partial charge on any atom is 0.122 e. The maximum atomic E-state index is 5.67. The molecule has 2 heterocycles. The van der Waals surface area contributed by atoms with E-state index in [9.17, 15) is 0 Å². The Kier molecular flexibility index (Phi) is 3.68. The van der Waals surface area contributed by atoms with Gasteiger partial charge in [-0.05, 0) is 28.1 Å². The first-order chi connectivity index (χ1) is 8.83. The van der Waals surface area contributed by atoms with Crippen LogP contribution in [0.15, 0.2) is 40.2 Å². The fourth-order valence-electron chi connectivity index (χ4n) is 2.21. The van der Waals surface area contributed by atoms with E-state index in [2.05, 4.69) is 44.8 Å². The van der Waals surface area contributed by atoms with Crippen LogP contribution in [-0.4, -0.2) is 13.2 Å². The Hall–Kier alpha value is -0.840. The molecule has 1 aliphatic rings. The molecule has 2 aromatic rings. The van der Waals surface area contributed by atoms with Crippen LogP contribution in [0.2, 0.25) is 0 Å². The number of para-hydroxylation sites is 1. The summed E-state index contributed by atoms with van der Waals surface area (Å²) in [7, 11) is 0. The minimum absolute atomic E-state index is 0.476. The Labute approximate surface area is 119 Å².